The standard InChI is InChI=1S/C15H19IN2O2/c16-11-2-4-14(19)13(6-11)15(20)18-7-9-1-3-12(17)5-10(9)8-18/h2,4,6,9-10,12,19H,1,3,5,7-8,17H2/t9-,10+,12?/m1/s1. The Morgan fingerprint density at radius 2 is 2.05 bits per heavy atom. The Balaban J connectivity index is 1.77. The second kappa shape index (κ2) is 5.52. The summed E-state index contributed by atoms with van der Waals surface area (Å²) < 4.78 is 0.961. The van der Waals surface area contributed by atoms with E-state index in [0.717, 1.165) is 35.9 Å². The van der Waals surface area contributed by atoms with Crippen molar-refractivity contribution in [3.05, 3.63) is 27.3 Å². The first-order chi connectivity index (χ1) is 9.54. The highest BCUT2D eigenvalue weighted by atomic mass is 127. The lowest BCUT2D eigenvalue weighted by molar-refractivity contribution is 0.0781. The maximum absolute atomic E-state index is 12.6. The predicted octanol–water partition coefficient (Wildman–Crippen LogP) is 2.20. The molecule has 2 fully saturated rings. The summed E-state index contributed by atoms with van der Waals surface area (Å²) in [6.45, 7) is 1.59. The number of nitrogens with two attached hydrogens (primary N) is 1. The molecule has 0 spiro atoms. The van der Waals surface area contributed by atoms with Gasteiger partial charge in [0, 0.05) is 22.7 Å². The molecule has 1 heterocycles. The molecule has 3 atom stereocenters. The van der Waals surface area contributed by atoms with E-state index in [2.05, 4.69) is 22.6 Å². The predicted molar refractivity (Wildman–Crippen MR) is 85.5 cm³/mol. The Bertz CT molecular complexity index is 535. The van der Waals surface area contributed by atoms with E-state index in [1.54, 1.807) is 18.2 Å². The second-order valence-electron chi connectivity index (χ2n) is 5.96. The van der Waals surface area contributed by atoms with Gasteiger partial charge in [0.1, 0.15) is 5.75 Å². The monoisotopic (exact) mass is 386 g/mol. The minimum absolute atomic E-state index is 0.0519. The first-order valence-electron chi connectivity index (χ1n) is 7.08. The Morgan fingerprint density at radius 1 is 1.30 bits per heavy atom. The molecule has 1 aliphatic carbocycles. The van der Waals surface area contributed by atoms with Gasteiger partial charge in [-0.1, -0.05) is 0 Å². The van der Waals surface area contributed by atoms with Crippen molar-refractivity contribution < 1.29 is 9.90 Å². The molecule has 1 unspecified atom stereocenters. The number of nitrogens with zero attached hydrogens (tertiary/aromatic N) is 1. The van der Waals surface area contributed by atoms with Gasteiger partial charge in [-0.15, -0.1) is 0 Å². The Hall–Kier alpha value is -0.820. The van der Waals surface area contributed by atoms with Crippen LogP contribution < -0.4 is 5.73 Å². The van der Waals surface area contributed by atoms with E-state index < -0.39 is 0 Å². The SMILES string of the molecule is NC1CC[C@@H]2CN(C(=O)c3cc(I)ccc3O)C[C@@H]2C1. The van der Waals surface area contributed by atoms with Crippen molar-refractivity contribution in [2.75, 3.05) is 13.1 Å². The highest BCUT2D eigenvalue weighted by molar-refractivity contribution is 14.1. The molecule has 1 saturated carbocycles. The second-order valence-corrected chi connectivity index (χ2v) is 7.21. The van der Waals surface area contributed by atoms with Gasteiger partial charge in [-0.2, -0.15) is 0 Å². The summed E-state index contributed by atoms with van der Waals surface area (Å²) in [5, 5.41) is 9.90. The molecule has 1 amide bonds. The number of phenols is 1. The first kappa shape index (κ1) is 14.1. The van der Waals surface area contributed by atoms with Crippen molar-refractivity contribution in [2.45, 2.75) is 25.3 Å². The van der Waals surface area contributed by atoms with Crippen molar-refractivity contribution in [3.63, 3.8) is 0 Å². The number of amides is 1. The fraction of sp³-hybridized carbons (Fsp3) is 0.533. The molecular weight excluding hydrogens is 367 g/mol. The fourth-order valence-electron chi connectivity index (χ4n) is 3.48. The maximum atomic E-state index is 12.6. The van der Waals surface area contributed by atoms with Crippen molar-refractivity contribution in [3.8, 4) is 5.75 Å². The van der Waals surface area contributed by atoms with Gasteiger partial charge in [0.15, 0.2) is 0 Å². The molecule has 1 aliphatic heterocycles. The van der Waals surface area contributed by atoms with Crippen LogP contribution in [0.3, 0.4) is 0 Å². The lowest BCUT2D eigenvalue weighted by Gasteiger charge is -2.27. The molecule has 1 aromatic carbocycles. The molecular formula is C15H19IN2O2. The Labute approximate surface area is 132 Å². The Morgan fingerprint density at radius 3 is 2.85 bits per heavy atom. The molecule has 0 radical (unpaired) electrons. The number of likely N-dealkylation sites (tertiary alicyclic amines) is 1. The van der Waals surface area contributed by atoms with Gasteiger partial charge in [-0.05, 0) is 71.9 Å². The average molecular weight is 386 g/mol. The minimum Gasteiger partial charge on any atom is -0.507 e. The van der Waals surface area contributed by atoms with Crippen LogP contribution in [0, 0.1) is 15.4 Å². The summed E-state index contributed by atoms with van der Waals surface area (Å²) in [5.41, 5.74) is 6.44. The molecule has 3 N–H and O–H groups in total. The summed E-state index contributed by atoms with van der Waals surface area (Å²) in [6, 6.07) is 5.44. The third-order valence-corrected chi connectivity index (χ3v) is 5.24. The van der Waals surface area contributed by atoms with E-state index in [0.29, 0.717) is 17.4 Å². The van der Waals surface area contributed by atoms with E-state index in [1.807, 2.05) is 4.90 Å². The van der Waals surface area contributed by atoms with Crippen LogP contribution in [0.25, 0.3) is 0 Å². The van der Waals surface area contributed by atoms with Crippen molar-refractivity contribution >= 4 is 28.5 Å². The minimum atomic E-state index is -0.0519. The lowest BCUT2D eigenvalue weighted by atomic mass is 9.79. The molecule has 3 rings (SSSR count). The quantitative estimate of drug-likeness (QED) is 0.728. The molecule has 1 aromatic rings. The van der Waals surface area contributed by atoms with E-state index in [1.165, 1.54) is 0 Å². The van der Waals surface area contributed by atoms with Crippen molar-refractivity contribution in [1.29, 1.82) is 0 Å². The largest absolute Gasteiger partial charge is 0.507 e. The van der Waals surface area contributed by atoms with Crippen LogP contribution >= 0.6 is 22.6 Å². The summed E-state index contributed by atoms with van der Waals surface area (Å²) >= 11 is 2.16. The van der Waals surface area contributed by atoms with Gasteiger partial charge in [-0.3, -0.25) is 4.79 Å². The number of carbonyl (C=O) groups is 1. The van der Waals surface area contributed by atoms with E-state index in [-0.39, 0.29) is 17.7 Å². The van der Waals surface area contributed by atoms with Crippen LogP contribution in [-0.2, 0) is 0 Å². The summed E-state index contributed by atoms with van der Waals surface area (Å²) in [5.74, 6) is 1.14. The van der Waals surface area contributed by atoms with Gasteiger partial charge in [0.05, 0.1) is 5.56 Å². The number of halogens is 1. The zero-order valence-electron chi connectivity index (χ0n) is 11.3. The van der Waals surface area contributed by atoms with E-state index >= 15 is 0 Å². The van der Waals surface area contributed by atoms with Gasteiger partial charge in [-0.25, -0.2) is 0 Å². The van der Waals surface area contributed by atoms with Crippen LogP contribution in [-0.4, -0.2) is 35.0 Å². The number of carbonyl (C=O) groups excluding carboxylic acids is 1. The molecule has 4 nitrogen and oxygen atoms in total. The number of hydrogen-bond donors (Lipinski definition) is 2. The van der Waals surface area contributed by atoms with Crippen LogP contribution in [0.1, 0.15) is 29.6 Å². The third kappa shape index (κ3) is 2.65. The number of hydrogen-bond acceptors (Lipinski definition) is 3. The molecule has 20 heavy (non-hydrogen) atoms. The first-order valence-corrected chi connectivity index (χ1v) is 8.16. The van der Waals surface area contributed by atoms with E-state index in [9.17, 15) is 9.90 Å². The number of rotatable bonds is 1. The summed E-state index contributed by atoms with van der Waals surface area (Å²) in [7, 11) is 0. The van der Waals surface area contributed by atoms with Crippen LogP contribution in [0.5, 0.6) is 5.75 Å². The molecule has 5 heteroatoms. The van der Waals surface area contributed by atoms with Gasteiger partial charge < -0.3 is 15.7 Å². The van der Waals surface area contributed by atoms with Crippen molar-refractivity contribution in [1.82, 2.24) is 4.90 Å². The summed E-state index contributed by atoms with van der Waals surface area (Å²) in [6.07, 6.45) is 3.21. The fourth-order valence-corrected chi connectivity index (χ4v) is 3.97. The number of benzene rings is 1. The van der Waals surface area contributed by atoms with E-state index in [4.69, 9.17) is 5.73 Å². The van der Waals surface area contributed by atoms with Crippen molar-refractivity contribution in [2.24, 2.45) is 17.6 Å². The number of aromatic hydroxyl groups is 1. The zero-order valence-corrected chi connectivity index (χ0v) is 13.4. The highest BCUT2D eigenvalue weighted by Gasteiger charge is 2.39. The molecule has 0 bridgehead atoms. The lowest BCUT2D eigenvalue weighted by Crippen LogP contribution is -2.32. The van der Waals surface area contributed by atoms with Crippen LogP contribution in [0.15, 0.2) is 18.2 Å². The topological polar surface area (TPSA) is 66.6 Å². The Kier molecular flexibility index (Phi) is 3.90. The van der Waals surface area contributed by atoms with Gasteiger partial charge in [0.25, 0.3) is 5.91 Å². The molecule has 0 aromatic heterocycles. The van der Waals surface area contributed by atoms with Gasteiger partial charge >= 0.3 is 0 Å². The highest BCUT2D eigenvalue weighted by Crippen LogP contribution is 2.36. The third-order valence-electron chi connectivity index (χ3n) is 4.57. The summed E-state index contributed by atoms with van der Waals surface area (Å²) in [4.78, 5) is 14.5. The normalized spacial score (nSPS) is 29.3. The smallest absolute Gasteiger partial charge is 0.257 e. The zero-order chi connectivity index (χ0) is 14.3. The number of phenolic OH excluding ortho intramolecular Hbond substituents is 1. The maximum Gasteiger partial charge on any atom is 0.257 e. The molecule has 108 valence electrons. The van der Waals surface area contributed by atoms with Crippen LogP contribution in [0.2, 0.25) is 0 Å². The van der Waals surface area contributed by atoms with Crippen LogP contribution in [0.4, 0.5) is 0 Å². The number of fused-ring (bicyclic) bond motifs is 1. The molecule has 2 aliphatic rings. The van der Waals surface area contributed by atoms with Gasteiger partial charge in [0.2, 0.25) is 0 Å². The molecule has 1 saturated heterocycles. The average Bonchev–Trinajstić information content (AvgIpc) is 2.83.